The van der Waals surface area contributed by atoms with Crippen LogP contribution in [0.2, 0.25) is 0 Å². The molecular weight excluding hydrogens is 352 g/mol. The van der Waals surface area contributed by atoms with E-state index in [0.717, 1.165) is 34.1 Å². The number of hydrogen-bond donors (Lipinski definition) is 3. The van der Waals surface area contributed by atoms with Crippen LogP contribution >= 0.6 is 15.9 Å². The molecule has 0 aliphatic carbocycles. The molecule has 3 nitrogen and oxygen atoms in total. The minimum atomic E-state index is -0.0111. The van der Waals surface area contributed by atoms with Gasteiger partial charge in [-0.25, -0.2) is 0 Å². The van der Waals surface area contributed by atoms with E-state index in [1.54, 1.807) is 6.07 Å². The first-order valence-corrected chi connectivity index (χ1v) is 8.75. The normalized spacial score (nSPS) is 20.7. The largest absolute Gasteiger partial charge is 0.508 e. The maximum Gasteiger partial charge on any atom is 0.120 e. The summed E-state index contributed by atoms with van der Waals surface area (Å²) in [5.74, 6) is 0.326. The highest BCUT2D eigenvalue weighted by Crippen LogP contribution is 2.30. The maximum absolute atomic E-state index is 10.2. The number of aromatic hydroxyl groups is 1. The van der Waals surface area contributed by atoms with Crippen LogP contribution in [0.3, 0.4) is 0 Å². The van der Waals surface area contributed by atoms with Crippen LogP contribution in [0.5, 0.6) is 5.75 Å². The Bertz CT molecular complexity index is 714. The molecule has 0 bridgehead atoms. The molecule has 3 rings (SSSR count). The summed E-state index contributed by atoms with van der Waals surface area (Å²) in [5.41, 5.74) is 3.14. The van der Waals surface area contributed by atoms with Crippen molar-refractivity contribution >= 4 is 21.6 Å². The fourth-order valence-corrected chi connectivity index (χ4v) is 3.32. The zero-order chi connectivity index (χ0) is 16.2. The Labute approximate surface area is 145 Å². The minimum absolute atomic E-state index is 0.0111. The zero-order valence-electron chi connectivity index (χ0n) is 13.1. The lowest BCUT2D eigenvalue weighted by Gasteiger charge is -2.33. The lowest BCUT2D eigenvalue weighted by molar-refractivity contribution is 0.391. The molecule has 1 heterocycles. The Hall–Kier alpha value is -1.78. The highest BCUT2D eigenvalue weighted by Gasteiger charge is 2.23. The predicted octanol–water partition coefficient (Wildman–Crippen LogP) is 4.56. The van der Waals surface area contributed by atoms with Crippen LogP contribution in [-0.4, -0.2) is 11.3 Å². The van der Waals surface area contributed by atoms with Crippen molar-refractivity contribution in [3.8, 4) is 5.75 Å². The van der Waals surface area contributed by atoms with Crippen LogP contribution in [0.1, 0.15) is 36.9 Å². The fourth-order valence-electron chi connectivity index (χ4n) is 2.92. The predicted molar refractivity (Wildman–Crippen MR) is 97.9 cm³/mol. The van der Waals surface area contributed by atoms with Gasteiger partial charge < -0.3 is 10.4 Å². The third-order valence-electron chi connectivity index (χ3n) is 4.03. The second-order valence-corrected chi connectivity index (χ2v) is 6.70. The molecule has 0 radical (unpaired) electrons. The quantitative estimate of drug-likeness (QED) is 0.737. The zero-order valence-corrected chi connectivity index (χ0v) is 14.7. The number of rotatable bonds is 4. The molecule has 2 aromatic carbocycles. The van der Waals surface area contributed by atoms with E-state index in [0.29, 0.717) is 5.75 Å². The van der Waals surface area contributed by atoms with Gasteiger partial charge in [-0.3, -0.25) is 5.32 Å². The molecule has 0 amide bonds. The molecule has 2 atom stereocenters. The molecule has 23 heavy (non-hydrogen) atoms. The van der Waals surface area contributed by atoms with E-state index >= 15 is 0 Å². The van der Waals surface area contributed by atoms with Crippen molar-refractivity contribution in [3.05, 3.63) is 70.2 Å². The van der Waals surface area contributed by atoms with Crippen LogP contribution in [-0.2, 0) is 0 Å². The Morgan fingerprint density at radius 2 is 1.96 bits per heavy atom. The molecule has 1 aliphatic heterocycles. The molecule has 0 spiro atoms. The molecule has 1 aliphatic rings. The van der Waals surface area contributed by atoms with E-state index in [2.05, 4.69) is 51.7 Å². The van der Waals surface area contributed by atoms with Crippen LogP contribution in [0.25, 0.3) is 5.70 Å². The molecule has 2 unspecified atom stereocenters. The number of phenolic OH excluding ortho intramolecular Hbond substituents is 1. The van der Waals surface area contributed by atoms with Gasteiger partial charge in [0.25, 0.3) is 0 Å². The van der Waals surface area contributed by atoms with E-state index in [4.69, 9.17) is 0 Å². The monoisotopic (exact) mass is 372 g/mol. The molecule has 0 saturated heterocycles. The van der Waals surface area contributed by atoms with E-state index in [9.17, 15) is 5.11 Å². The summed E-state index contributed by atoms with van der Waals surface area (Å²) in [6.07, 6.45) is 4.44. The van der Waals surface area contributed by atoms with Crippen molar-refractivity contribution < 1.29 is 5.11 Å². The average molecular weight is 373 g/mol. The smallest absolute Gasteiger partial charge is 0.120 e. The number of halogens is 1. The number of hydrogen-bond acceptors (Lipinski definition) is 3. The third kappa shape index (κ3) is 3.77. The summed E-state index contributed by atoms with van der Waals surface area (Å²) in [6.45, 7) is 2.18. The lowest BCUT2D eigenvalue weighted by Crippen LogP contribution is -2.46. The van der Waals surface area contributed by atoms with Gasteiger partial charge in [-0.15, -0.1) is 0 Å². The van der Waals surface area contributed by atoms with E-state index < -0.39 is 0 Å². The van der Waals surface area contributed by atoms with Gasteiger partial charge >= 0.3 is 0 Å². The summed E-state index contributed by atoms with van der Waals surface area (Å²) >= 11 is 3.54. The van der Waals surface area contributed by atoms with Gasteiger partial charge in [-0.2, -0.15) is 0 Å². The van der Waals surface area contributed by atoms with Gasteiger partial charge in [-0.1, -0.05) is 59.6 Å². The maximum atomic E-state index is 10.2. The van der Waals surface area contributed by atoms with Crippen LogP contribution in [0.15, 0.2) is 59.1 Å². The molecule has 4 heteroatoms. The molecule has 0 aromatic heterocycles. The Morgan fingerprint density at radius 1 is 1.13 bits per heavy atom. The highest BCUT2D eigenvalue weighted by molar-refractivity contribution is 9.10. The molecule has 0 fully saturated rings. The SMILES string of the molecule is CCCC1NC(c2cccc(Br)c2)=CC(c2ccccc2O)N1. The van der Waals surface area contributed by atoms with E-state index in [1.165, 1.54) is 0 Å². The van der Waals surface area contributed by atoms with Gasteiger partial charge in [0.2, 0.25) is 0 Å². The second-order valence-electron chi connectivity index (χ2n) is 5.78. The van der Waals surface area contributed by atoms with Crippen molar-refractivity contribution in [1.82, 2.24) is 10.6 Å². The molecular formula is C19H21BrN2O. The Balaban J connectivity index is 1.98. The van der Waals surface area contributed by atoms with Gasteiger partial charge in [-0.05, 0) is 36.3 Å². The van der Waals surface area contributed by atoms with Crippen LogP contribution < -0.4 is 10.6 Å². The van der Waals surface area contributed by atoms with E-state index in [1.807, 2.05) is 30.3 Å². The summed E-state index contributed by atoms with van der Waals surface area (Å²) < 4.78 is 1.06. The van der Waals surface area contributed by atoms with Crippen molar-refractivity contribution in [3.63, 3.8) is 0 Å². The summed E-state index contributed by atoms with van der Waals surface area (Å²) in [4.78, 5) is 0. The van der Waals surface area contributed by atoms with E-state index in [-0.39, 0.29) is 12.2 Å². The molecule has 3 N–H and O–H groups in total. The molecule has 0 saturated carbocycles. The van der Waals surface area contributed by atoms with Crippen molar-refractivity contribution in [2.75, 3.05) is 0 Å². The first-order valence-electron chi connectivity index (χ1n) is 7.95. The molecule has 120 valence electrons. The number of para-hydroxylation sites is 1. The first kappa shape index (κ1) is 16.1. The minimum Gasteiger partial charge on any atom is -0.508 e. The number of nitrogens with one attached hydrogen (secondary N) is 2. The van der Waals surface area contributed by atoms with Crippen molar-refractivity contribution in [2.45, 2.75) is 32.0 Å². The van der Waals surface area contributed by atoms with Crippen molar-refractivity contribution in [1.29, 1.82) is 0 Å². The summed E-state index contributed by atoms with van der Waals surface area (Å²) in [6, 6.07) is 15.8. The fraction of sp³-hybridized carbons (Fsp3) is 0.263. The van der Waals surface area contributed by atoms with Crippen LogP contribution in [0, 0.1) is 0 Å². The Kier molecular flexibility index (Phi) is 5.03. The van der Waals surface area contributed by atoms with Gasteiger partial charge in [0.1, 0.15) is 5.75 Å². The van der Waals surface area contributed by atoms with Crippen LogP contribution in [0.4, 0.5) is 0 Å². The van der Waals surface area contributed by atoms with Crippen molar-refractivity contribution in [2.24, 2.45) is 0 Å². The third-order valence-corrected chi connectivity index (χ3v) is 4.52. The topological polar surface area (TPSA) is 44.3 Å². The number of benzene rings is 2. The Morgan fingerprint density at radius 3 is 2.70 bits per heavy atom. The summed E-state index contributed by atoms with van der Waals surface area (Å²) in [5, 5.41) is 17.3. The highest BCUT2D eigenvalue weighted by atomic mass is 79.9. The second kappa shape index (κ2) is 7.20. The first-order chi connectivity index (χ1) is 11.2. The average Bonchev–Trinajstić information content (AvgIpc) is 2.55. The lowest BCUT2D eigenvalue weighted by atomic mass is 9.99. The summed E-state index contributed by atoms with van der Waals surface area (Å²) in [7, 11) is 0. The van der Waals surface area contributed by atoms with Gasteiger partial charge in [0.15, 0.2) is 0 Å². The standard InChI is InChI=1S/C19H21BrN2O/c1-2-6-19-21-16(13-7-5-8-14(20)11-13)12-17(22-19)15-9-3-4-10-18(15)23/h3-5,7-12,17,19,21-23H,2,6H2,1H3. The molecule has 2 aromatic rings. The number of phenols is 1. The van der Waals surface area contributed by atoms with Gasteiger partial charge in [0, 0.05) is 15.7 Å². The van der Waals surface area contributed by atoms with Gasteiger partial charge in [0.05, 0.1) is 12.2 Å².